The van der Waals surface area contributed by atoms with Crippen LogP contribution in [-0.2, 0) is 10.0 Å². The Morgan fingerprint density at radius 1 is 1.47 bits per heavy atom. The van der Waals surface area contributed by atoms with Crippen molar-refractivity contribution < 1.29 is 8.42 Å². The van der Waals surface area contributed by atoms with Crippen LogP contribution < -0.4 is 4.72 Å². The molecule has 2 rings (SSSR count). The molecule has 8 heteroatoms. The van der Waals surface area contributed by atoms with E-state index in [-0.39, 0.29) is 8.68 Å². The molecule has 0 bridgehead atoms. The Labute approximate surface area is 119 Å². The Bertz CT molecular complexity index is 762. The first-order valence-corrected chi connectivity index (χ1v) is 7.76. The monoisotopic (exact) mass is 313 g/mol. The van der Waals surface area contributed by atoms with Gasteiger partial charge in [0.05, 0.1) is 23.0 Å². The molecular formula is C11H8ClN3O2S2. The molecule has 1 heterocycles. The van der Waals surface area contributed by atoms with Crippen LogP contribution in [-0.4, -0.2) is 13.4 Å². The minimum absolute atomic E-state index is 0.0693. The van der Waals surface area contributed by atoms with Gasteiger partial charge in [0.2, 0.25) is 0 Å². The molecule has 0 fully saturated rings. The summed E-state index contributed by atoms with van der Waals surface area (Å²) < 4.78 is 26.9. The second kappa shape index (κ2) is 5.17. The predicted molar refractivity (Wildman–Crippen MR) is 73.8 cm³/mol. The number of hydrogen-bond donors (Lipinski definition) is 1. The van der Waals surface area contributed by atoms with Crippen molar-refractivity contribution in [3.05, 3.63) is 40.0 Å². The highest BCUT2D eigenvalue weighted by Crippen LogP contribution is 2.28. The molecule has 0 saturated carbocycles. The topological polar surface area (TPSA) is 82.8 Å². The molecule has 19 heavy (non-hydrogen) atoms. The maximum atomic E-state index is 12.2. The van der Waals surface area contributed by atoms with Crippen molar-refractivity contribution in [3.63, 3.8) is 0 Å². The molecular weight excluding hydrogens is 306 g/mol. The SMILES string of the molecule is Cc1nc(Cl)sc1S(=O)(=O)Nc1cccc(C#N)c1. The van der Waals surface area contributed by atoms with Gasteiger partial charge in [0, 0.05) is 0 Å². The third-order valence-electron chi connectivity index (χ3n) is 2.22. The molecule has 0 aliphatic rings. The van der Waals surface area contributed by atoms with E-state index in [1.165, 1.54) is 6.07 Å². The maximum Gasteiger partial charge on any atom is 0.273 e. The van der Waals surface area contributed by atoms with Crippen molar-refractivity contribution in [1.29, 1.82) is 5.26 Å². The van der Waals surface area contributed by atoms with Gasteiger partial charge in [-0.2, -0.15) is 5.26 Å². The summed E-state index contributed by atoms with van der Waals surface area (Å²) in [5.41, 5.74) is 1.04. The Balaban J connectivity index is 2.37. The summed E-state index contributed by atoms with van der Waals surface area (Å²) in [5, 5.41) is 8.77. The molecule has 0 radical (unpaired) electrons. The number of nitrogens with zero attached hydrogens (tertiary/aromatic N) is 2. The fourth-order valence-corrected chi connectivity index (χ4v) is 4.24. The average Bonchev–Trinajstić information content (AvgIpc) is 2.69. The summed E-state index contributed by atoms with van der Waals surface area (Å²) in [5.74, 6) is 0. The van der Waals surface area contributed by atoms with Gasteiger partial charge in [-0.25, -0.2) is 13.4 Å². The smallest absolute Gasteiger partial charge is 0.273 e. The third-order valence-corrected chi connectivity index (χ3v) is 5.47. The van der Waals surface area contributed by atoms with E-state index in [1.807, 2.05) is 6.07 Å². The van der Waals surface area contributed by atoms with Crippen molar-refractivity contribution in [2.24, 2.45) is 0 Å². The fraction of sp³-hybridized carbons (Fsp3) is 0.0909. The number of thiazole rings is 1. The molecule has 5 nitrogen and oxygen atoms in total. The normalized spacial score (nSPS) is 11.0. The van der Waals surface area contributed by atoms with Gasteiger partial charge in [-0.05, 0) is 25.1 Å². The summed E-state index contributed by atoms with van der Waals surface area (Å²) in [4.78, 5) is 3.87. The Morgan fingerprint density at radius 2 is 2.21 bits per heavy atom. The zero-order valence-corrected chi connectivity index (χ0v) is 12.1. The zero-order chi connectivity index (χ0) is 14.0. The molecule has 2 aromatic rings. The number of nitrogens with one attached hydrogen (secondary N) is 1. The number of benzene rings is 1. The van der Waals surface area contributed by atoms with Gasteiger partial charge in [-0.15, -0.1) is 0 Å². The number of nitriles is 1. The summed E-state index contributed by atoms with van der Waals surface area (Å²) >= 11 is 6.58. The lowest BCUT2D eigenvalue weighted by Gasteiger charge is -2.06. The third kappa shape index (κ3) is 3.04. The lowest BCUT2D eigenvalue weighted by Crippen LogP contribution is -2.12. The van der Waals surface area contributed by atoms with Crippen LogP contribution in [0.4, 0.5) is 5.69 Å². The molecule has 0 aliphatic heterocycles. The lowest BCUT2D eigenvalue weighted by molar-refractivity contribution is 0.602. The number of hydrogen-bond acceptors (Lipinski definition) is 5. The maximum absolute atomic E-state index is 12.2. The van der Waals surface area contributed by atoms with Crippen LogP contribution in [0.3, 0.4) is 0 Å². The average molecular weight is 314 g/mol. The van der Waals surface area contributed by atoms with Crippen LogP contribution >= 0.6 is 22.9 Å². The molecule has 0 spiro atoms. The molecule has 1 N–H and O–H groups in total. The van der Waals surface area contributed by atoms with Crippen molar-refractivity contribution in [1.82, 2.24) is 4.98 Å². The molecule has 0 saturated heterocycles. The number of sulfonamides is 1. The minimum Gasteiger partial charge on any atom is -0.279 e. The van der Waals surface area contributed by atoms with Crippen molar-refractivity contribution in [2.75, 3.05) is 4.72 Å². The largest absolute Gasteiger partial charge is 0.279 e. The van der Waals surface area contributed by atoms with Gasteiger partial charge >= 0.3 is 0 Å². The van der Waals surface area contributed by atoms with Crippen LogP contribution in [0.25, 0.3) is 0 Å². The second-order valence-corrected chi connectivity index (χ2v) is 7.10. The summed E-state index contributed by atoms with van der Waals surface area (Å²) in [6.07, 6.45) is 0. The summed E-state index contributed by atoms with van der Waals surface area (Å²) in [6.45, 7) is 1.57. The van der Waals surface area contributed by atoms with Gasteiger partial charge in [0.15, 0.2) is 8.68 Å². The van der Waals surface area contributed by atoms with E-state index in [1.54, 1.807) is 25.1 Å². The lowest BCUT2D eigenvalue weighted by atomic mass is 10.2. The molecule has 1 aromatic carbocycles. The second-order valence-electron chi connectivity index (χ2n) is 3.64. The molecule has 98 valence electrons. The first kappa shape index (κ1) is 13.8. The number of rotatable bonds is 3. The molecule has 0 amide bonds. The van der Waals surface area contributed by atoms with E-state index >= 15 is 0 Å². The number of aryl methyl sites for hydroxylation is 1. The van der Waals surface area contributed by atoms with E-state index in [0.717, 1.165) is 11.3 Å². The van der Waals surface area contributed by atoms with E-state index < -0.39 is 10.0 Å². The zero-order valence-electron chi connectivity index (χ0n) is 9.71. The highest BCUT2D eigenvalue weighted by molar-refractivity contribution is 7.94. The minimum atomic E-state index is -3.74. The van der Waals surface area contributed by atoms with E-state index in [0.29, 0.717) is 16.9 Å². The van der Waals surface area contributed by atoms with Gasteiger partial charge in [0.25, 0.3) is 10.0 Å². The van der Waals surface area contributed by atoms with Gasteiger partial charge in [0.1, 0.15) is 0 Å². The quantitative estimate of drug-likeness (QED) is 0.944. The Kier molecular flexibility index (Phi) is 3.75. The first-order valence-electron chi connectivity index (χ1n) is 5.08. The van der Waals surface area contributed by atoms with E-state index in [4.69, 9.17) is 16.9 Å². The number of aromatic nitrogens is 1. The first-order chi connectivity index (χ1) is 8.92. The highest BCUT2D eigenvalue weighted by Gasteiger charge is 2.21. The predicted octanol–water partition coefficient (Wildman–Crippen LogP) is 2.78. The molecule has 0 unspecified atom stereocenters. The van der Waals surface area contributed by atoms with Crippen molar-refractivity contribution >= 4 is 38.6 Å². The van der Waals surface area contributed by atoms with Gasteiger partial charge in [-0.3, -0.25) is 4.72 Å². The van der Waals surface area contributed by atoms with Crippen molar-refractivity contribution in [2.45, 2.75) is 11.1 Å². The standard InChI is InChI=1S/C11H8ClN3O2S2/c1-7-10(18-11(12)14-7)19(16,17)15-9-4-2-3-8(5-9)6-13/h2-5,15H,1H3. The molecule has 0 atom stereocenters. The number of anilines is 1. The van der Waals surface area contributed by atoms with Crippen LogP contribution in [0.1, 0.15) is 11.3 Å². The Morgan fingerprint density at radius 3 is 2.79 bits per heavy atom. The van der Waals surface area contributed by atoms with Crippen LogP contribution in [0.5, 0.6) is 0 Å². The summed E-state index contributed by atoms with van der Waals surface area (Å²) in [6, 6.07) is 8.15. The van der Waals surface area contributed by atoms with Crippen LogP contribution in [0, 0.1) is 18.3 Å². The molecule has 1 aromatic heterocycles. The number of halogens is 1. The van der Waals surface area contributed by atoms with Gasteiger partial charge < -0.3 is 0 Å². The van der Waals surface area contributed by atoms with E-state index in [9.17, 15) is 8.42 Å². The fourth-order valence-electron chi connectivity index (χ4n) is 1.45. The van der Waals surface area contributed by atoms with Crippen LogP contribution in [0.2, 0.25) is 4.47 Å². The highest BCUT2D eigenvalue weighted by atomic mass is 35.5. The summed E-state index contributed by atoms with van der Waals surface area (Å²) in [7, 11) is -3.74. The Hall–Kier alpha value is -1.62. The van der Waals surface area contributed by atoms with Crippen LogP contribution in [0.15, 0.2) is 28.5 Å². The van der Waals surface area contributed by atoms with Gasteiger partial charge in [-0.1, -0.05) is 29.0 Å². The molecule has 0 aliphatic carbocycles. The van der Waals surface area contributed by atoms with Crippen molar-refractivity contribution in [3.8, 4) is 6.07 Å². The van der Waals surface area contributed by atoms with E-state index in [2.05, 4.69) is 9.71 Å².